The van der Waals surface area contributed by atoms with Crippen molar-refractivity contribution in [1.82, 2.24) is 10.2 Å². The molecule has 1 rings (SSSR count). The maximum absolute atomic E-state index is 12.1. The fraction of sp³-hybridized carbons (Fsp3) is 0.923. The van der Waals surface area contributed by atoms with E-state index in [2.05, 4.69) is 19.2 Å². The number of halogens is 1. The molecule has 0 aliphatic carbocycles. The van der Waals surface area contributed by atoms with Crippen LogP contribution in [0.25, 0.3) is 0 Å². The summed E-state index contributed by atoms with van der Waals surface area (Å²) in [5, 5.41) is 3.34. The third-order valence-corrected chi connectivity index (χ3v) is 2.72. The van der Waals surface area contributed by atoms with E-state index in [9.17, 15) is 4.79 Å². The van der Waals surface area contributed by atoms with Crippen molar-refractivity contribution < 1.29 is 9.53 Å². The van der Waals surface area contributed by atoms with Gasteiger partial charge in [-0.15, -0.1) is 12.4 Å². The minimum atomic E-state index is -0.412. The minimum Gasteiger partial charge on any atom is -0.444 e. The van der Waals surface area contributed by atoms with Gasteiger partial charge in [-0.2, -0.15) is 0 Å². The lowest BCUT2D eigenvalue weighted by molar-refractivity contribution is 0.00989. The van der Waals surface area contributed by atoms with Gasteiger partial charge in [-0.3, -0.25) is 0 Å². The Bertz CT molecular complexity index is 264. The van der Waals surface area contributed by atoms with Gasteiger partial charge >= 0.3 is 6.09 Å². The topological polar surface area (TPSA) is 41.6 Å². The van der Waals surface area contributed by atoms with E-state index in [4.69, 9.17) is 4.74 Å². The average Bonchev–Trinajstić information content (AvgIpc) is 2.14. The van der Waals surface area contributed by atoms with Crippen LogP contribution in [0, 0.1) is 5.92 Å². The van der Waals surface area contributed by atoms with Crippen LogP contribution in [0.2, 0.25) is 0 Å². The van der Waals surface area contributed by atoms with Gasteiger partial charge in [0.1, 0.15) is 5.60 Å². The Balaban J connectivity index is 0.00000289. The number of hydrogen-bond donors (Lipinski definition) is 1. The number of rotatable bonds is 2. The van der Waals surface area contributed by atoms with Crippen molar-refractivity contribution in [3.8, 4) is 0 Å². The molecule has 108 valence electrons. The van der Waals surface area contributed by atoms with Crippen LogP contribution in [0.5, 0.6) is 0 Å². The van der Waals surface area contributed by atoms with Gasteiger partial charge in [0, 0.05) is 25.7 Å². The predicted molar refractivity (Wildman–Crippen MR) is 76.3 cm³/mol. The van der Waals surface area contributed by atoms with E-state index >= 15 is 0 Å². The third-order valence-electron chi connectivity index (χ3n) is 2.72. The maximum Gasteiger partial charge on any atom is 0.410 e. The van der Waals surface area contributed by atoms with Crippen molar-refractivity contribution in [3.05, 3.63) is 0 Å². The summed E-state index contributed by atoms with van der Waals surface area (Å²) in [7, 11) is 0. The molecule has 0 saturated carbocycles. The highest BCUT2D eigenvalue weighted by Gasteiger charge is 2.30. The molecule has 1 saturated heterocycles. The molecular formula is C13H27ClN2O2. The molecule has 0 bridgehead atoms. The molecule has 0 aromatic rings. The summed E-state index contributed by atoms with van der Waals surface area (Å²) in [5.41, 5.74) is -0.412. The van der Waals surface area contributed by atoms with Gasteiger partial charge in [-0.25, -0.2) is 4.79 Å². The van der Waals surface area contributed by atoms with Gasteiger partial charge in [0.2, 0.25) is 0 Å². The van der Waals surface area contributed by atoms with Crippen LogP contribution >= 0.6 is 12.4 Å². The van der Waals surface area contributed by atoms with Crippen molar-refractivity contribution in [1.29, 1.82) is 0 Å². The monoisotopic (exact) mass is 278 g/mol. The van der Waals surface area contributed by atoms with Crippen LogP contribution in [0.4, 0.5) is 4.79 Å². The summed E-state index contributed by atoms with van der Waals surface area (Å²) < 4.78 is 5.45. The number of piperazine rings is 1. The number of amides is 1. The first-order chi connectivity index (χ1) is 7.79. The molecule has 0 aromatic carbocycles. The van der Waals surface area contributed by atoms with Crippen molar-refractivity contribution >= 4 is 18.5 Å². The predicted octanol–water partition coefficient (Wildman–Crippen LogP) is 2.66. The van der Waals surface area contributed by atoms with Crippen LogP contribution in [-0.4, -0.2) is 42.3 Å². The van der Waals surface area contributed by atoms with Gasteiger partial charge in [0.15, 0.2) is 0 Å². The minimum absolute atomic E-state index is 0. The molecule has 1 heterocycles. The van der Waals surface area contributed by atoms with E-state index in [0.717, 1.165) is 26.1 Å². The SMILES string of the molecule is CC(C)C[C@H]1CNCCN1C(=O)OC(C)(C)C.Cl. The number of nitrogens with zero attached hydrogens (tertiary/aromatic N) is 1. The van der Waals surface area contributed by atoms with Crippen LogP contribution in [0.3, 0.4) is 0 Å². The van der Waals surface area contributed by atoms with Crippen molar-refractivity contribution in [2.45, 2.75) is 52.7 Å². The van der Waals surface area contributed by atoms with Crippen LogP contribution in [0.15, 0.2) is 0 Å². The lowest BCUT2D eigenvalue weighted by Gasteiger charge is -2.37. The molecule has 0 aromatic heterocycles. The Morgan fingerprint density at radius 2 is 2.06 bits per heavy atom. The Morgan fingerprint density at radius 1 is 1.44 bits per heavy atom. The summed E-state index contributed by atoms with van der Waals surface area (Å²) in [6.07, 6.45) is 0.844. The lowest BCUT2D eigenvalue weighted by atomic mass is 10.0. The van der Waals surface area contributed by atoms with E-state index in [1.165, 1.54) is 0 Å². The molecule has 18 heavy (non-hydrogen) atoms. The highest BCUT2D eigenvalue weighted by atomic mass is 35.5. The van der Waals surface area contributed by atoms with Gasteiger partial charge in [-0.05, 0) is 33.1 Å². The Morgan fingerprint density at radius 3 is 2.56 bits per heavy atom. The second-order valence-electron chi connectivity index (χ2n) is 6.16. The number of ether oxygens (including phenoxy) is 1. The van der Waals surface area contributed by atoms with Crippen LogP contribution in [0.1, 0.15) is 41.0 Å². The summed E-state index contributed by atoms with van der Waals surface area (Å²) in [5.74, 6) is 0.588. The zero-order chi connectivity index (χ0) is 13.1. The second-order valence-corrected chi connectivity index (χ2v) is 6.16. The van der Waals surface area contributed by atoms with Gasteiger partial charge in [-0.1, -0.05) is 13.8 Å². The second kappa shape index (κ2) is 7.19. The third kappa shape index (κ3) is 5.91. The molecule has 1 fully saturated rings. The van der Waals surface area contributed by atoms with E-state index in [1.54, 1.807) is 0 Å². The normalized spacial score (nSPS) is 20.6. The number of nitrogens with one attached hydrogen (secondary N) is 1. The summed E-state index contributed by atoms with van der Waals surface area (Å²) >= 11 is 0. The van der Waals surface area contributed by atoms with E-state index in [1.807, 2.05) is 25.7 Å². The van der Waals surface area contributed by atoms with E-state index in [0.29, 0.717) is 5.92 Å². The smallest absolute Gasteiger partial charge is 0.410 e. The molecule has 1 N–H and O–H groups in total. The van der Waals surface area contributed by atoms with Crippen molar-refractivity contribution in [2.24, 2.45) is 5.92 Å². The summed E-state index contributed by atoms with van der Waals surface area (Å²) in [4.78, 5) is 14.0. The van der Waals surface area contributed by atoms with Crippen molar-refractivity contribution in [2.75, 3.05) is 19.6 Å². The van der Waals surface area contributed by atoms with Crippen LogP contribution < -0.4 is 5.32 Å². The molecule has 0 spiro atoms. The molecule has 1 amide bonds. The zero-order valence-electron chi connectivity index (χ0n) is 12.2. The highest BCUT2D eigenvalue weighted by molar-refractivity contribution is 5.85. The maximum atomic E-state index is 12.1. The number of carbonyl (C=O) groups excluding carboxylic acids is 1. The van der Waals surface area contributed by atoms with Gasteiger partial charge in [0.25, 0.3) is 0 Å². The number of hydrogen-bond acceptors (Lipinski definition) is 3. The molecule has 4 nitrogen and oxygen atoms in total. The molecule has 1 aliphatic rings. The Kier molecular flexibility index (Phi) is 7.00. The van der Waals surface area contributed by atoms with Crippen LogP contribution in [-0.2, 0) is 4.74 Å². The van der Waals surface area contributed by atoms with Crippen molar-refractivity contribution in [3.63, 3.8) is 0 Å². The lowest BCUT2D eigenvalue weighted by Crippen LogP contribution is -2.55. The van der Waals surface area contributed by atoms with E-state index in [-0.39, 0.29) is 24.5 Å². The molecule has 0 radical (unpaired) electrons. The first-order valence-electron chi connectivity index (χ1n) is 6.50. The van der Waals surface area contributed by atoms with Gasteiger partial charge < -0.3 is 15.0 Å². The molecule has 1 aliphatic heterocycles. The summed E-state index contributed by atoms with van der Waals surface area (Å²) in [6.45, 7) is 12.6. The molecule has 5 heteroatoms. The first kappa shape index (κ1) is 17.5. The first-order valence-corrected chi connectivity index (χ1v) is 6.50. The summed E-state index contributed by atoms with van der Waals surface area (Å²) in [6, 6.07) is 0.263. The highest BCUT2D eigenvalue weighted by Crippen LogP contribution is 2.17. The fourth-order valence-electron chi connectivity index (χ4n) is 2.08. The largest absolute Gasteiger partial charge is 0.444 e. The molecule has 1 atom stereocenters. The number of carbonyl (C=O) groups is 1. The standard InChI is InChI=1S/C13H26N2O2.ClH/c1-10(2)8-11-9-14-6-7-15(11)12(16)17-13(3,4)5;/h10-11,14H,6-9H2,1-5H3;1H/t11-;/m0./s1. The zero-order valence-corrected chi connectivity index (χ0v) is 13.0. The molecule has 0 unspecified atom stereocenters. The molecular weight excluding hydrogens is 252 g/mol. The quantitative estimate of drug-likeness (QED) is 0.844. The Hall–Kier alpha value is -0.480. The Labute approximate surface area is 117 Å². The van der Waals surface area contributed by atoms with Gasteiger partial charge in [0.05, 0.1) is 0 Å². The van der Waals surface area contributed by atoms with E-state index < -0.39 is 5.60 Å². The fourth-order valence-corrected chi connectivity index (χ4v) is 2.08. The average molecular weight is 279 g/mol.